The largest absolute Gasteiger partial charge is 0.322 e. The molecule has 2 rings (SSSR count). The molecule has 0 saturated heterocycles. The number of nitrogens with zero attached hydrogens (tertiary/aromatic N) is 2. The van der Waals surface area contributed by atoms with Crippen molar-refractivity contribution in [1.82, 2.24) is 10.2 Å². The molecule has 0 aliphatic carbocycles. The van der Waals surface area contributed by atoms with Crippen molar-refractivity contribution >= 4 is 38.6 Å². The van der Waals surface area contributed by atoms with E-state index in [9.17, 15) is 0 Å². The molecule has 3 nitrogen and oxygen atoms in total. The van der Waals surface area contributed by atoms with E-state index in [-0.39, 0.29) is 6.04 Å². The minimum Gasteiger partial charge on any atom is -0.322 e. The summed E-state index contributed by atoms with van der Waals surface area (Å²) < 4.78 is 1.07. The summed E-state index contributed by atoms with van der Waals surface area (Å²) in [6.07, 6.45) is 0.889. The molecular formula is C9H10BrN3S2. The predicted octanol–water partition coefficient (Wildman–Crippen LogP) is 3.44. The van der Waals surface area contributed by atoms with Crippen LogP contribution in [-0.2, 0) is 0 Å². The van der Waals surface area contributed by atoms with Crippen molar-refractivity contribution in [1.29, 1.82) is 0 Å². The summed E-state index contributed by atoms with van der Waals surface area (Å²) in [5.74, 6) is 0. The zero-order chi connectivity index (χ0) is 10.8. The third-order valence-electron chi connectivity index (χ3n) is 2.01. The Kier molecular flexibility index (Phi) is 3.50. The van der Waals surface area contributed by atoms with Gasteiger partial charge in [-0.05, 0) is 33.8 Å². The lowest BCUT2D eigenvalue weighted by Gasteiger charge is -2.00. The summed E-state index contributed by atoms with van der Waals surface area (Å²) in [6.45, 7) is 2.05. The van der Waals surface area contributed by atoms with Gasteiger partial charge in [-0.15, -0.1) is 21.5 Å². The van der Waals surface area contributed by atoms with Crippen molar-refractivity contribution in [2.75, 3.05) is 0 Å². The van der Waals surface area contributed by atoms with Gasteiger partial charge in [0.1, 0.15) is 5.01 Å². The number of nitrogens with two attached hydrogens (primary N) is 1. The standard InChI is InChI=1S/C9H10BrN3S2/c1-2-6(11)8-12-13-9(15-8)7-5(10)3-4-14-7/h3-4,6H,2,11H2,1H3. The highest BCUT2D eigenvalue weighted by Gasteiger charge is 2.14. The fourth-order valence-corrected chi connectivity index (χ4v) is 3.82. The molecule has 80 valence electrons. The maximum Gasteiger partial charge on any atom is 0.159 e. The van der Waals surface area contributed by atoms with Gasteiger partial charge in [0.25, 0.3) is 0 Å². The van der Waals surface area contributed by atoms with Crippen LogP contribution in [0.15, 0.2) is 15.9 Å². The molecule has 0 spiro atoms. The first-order valence-electron chi connectivity index (χ1n) is 4.54. The Morgan fingerprint density at radius 1 is 1.53 bits per heavy atom. The van der Waals surface area contributed by atoms with E-state index in [1.165, 1.54) is 0 Å². The molecule has 0 saturated carbocycles. The van der Waals surface area contributed by atoms with Gasteiger partial charge in [-0.3, -0.25) is 0 Å². The van der Waals surface area contributed by atoms with Gasteiger partial charge in [0.15, 0.2) is 5.01 Å². The van der Waals surface area contributed by atoms with Gasteiger partial charge in [-0.25, -0.2) is 0 Å². The van der Waals surface area contributed by atoms with Crippen LogP contribution in [0.5, 0.6) is 0 Å². The lowest BCUT2D eigenvalue weighted by Crippen LogP contribution is -2.07. The van der Waals surface area contributed by atoms with Gasteiger partial charge >= 0.3 is 0 Å². The summed E-state index contributed by atoms with van der Waals surface area (Å²) in [5, 5.41) is 12.1. The number of rotatable bonds is 3. The Balaban J connectivity index is 2.32. The third kappa shape index (κ3) is 2.28. The van der Waals surface area contributed by atoms with Crippen molar-refractivity contribution < 1.29 is 0 Å². The molecule has 15 heavy (non-hydrogen) atoms. The van der Waals surface area contributed by atoms with Crippen LogP contribution in [0.25, 0.3) is 9.88 Å². The van der Waals surface area contributed by atoms with Gasteiger partial charge in [0, 0.05) is 4.47 Å². The van der Waals surface area contributed by atoms with Crippen LogP contribution in [0.2, 0.25) is 0 Å². The molecule has 2 aromatic heterocycles. The Labute approximate surface area is 104 Å². The Morgan fingerprint density at radius 2 is 2.33 bits per heavy atom. The highest BCUT2D eigenvalue weighted by atomic mass is 79.9. The quantitative estimate of drug-likeness (QED) is 0.945. The van der Waals surface area contributed by atoms with Gasteiger partial charge in [0.2, 0.25) is 0 Å². The molecule has 2 aromatic rings. The molecule has 0 radical (unpaired) electrons. The molecule has 0 aliphatic heterocycles. The highest BCUT2D eigenvalue weighted by Crippen LogP contribution is 2.36. The second kappa shape index (κ2) is 4.69. The van der Waals surface area contributed by atoms with E-state index in [0.29, 0.717) is 0 Å². The zero-order valence-electron chi connectivity index (χ0n) is 8.11. The van der Waals surface area contributed by atoms with E-state index in [1.807, 2.05) is 18.4 Å². The Morgan fingerprint density at radius 3 is 2.93 bits per heavy atom. The SMILES string of the molecule is CCC(N)c1nnc(-c2sccc2Br)s1. The van der Waals surface area contributed by atoms with Gasteiger partial charge in [-0.2, -0.15) is 0 Å². The molecule has 0 aliphatic rings. The number of thiophene rings is 1. The first-order valence-corrected chi connectivity index (χ1v) is 7.03. The van der Waals surface area contributed by atoms with E-state index in [0.717, 1.165) is 25.8 Å². The van der Waals surface area contributed by atoms with Crippen molar-refractivity contribution in [3.8, 4) is 9.88 Å². The molecule has 0 aromatic carbocycles. The fourth-order valence-electron chi connectivity index (χ4n) is 1.10. The second-order valence-corrected chi connectivity index (χ2v) is 5.84. The van der Waals surface area contributed by atoms with Crippen molar-refractivity contribution in [2.45, 2.75) is 19.4 Å². The molecular weight excluding hydrogens is 294 g/mol. The topological polar surface area (TPSA) is 51.8 Å². The smallest absolute Gasteiger partial charge is 0.159 e. The van der Waals surface area contributed by atoms with Crippen LogP contribution in [0.4, 0.5) is 0 Å². The van der Waals surface area contributed by atoms with Crippen molar-refractivity contribution in [3.63, 3.8) is 0 Å². The van der Waals surface area contributed by atoms with Gasteiger partial charge < -0.3 is 5.73 Å². The molecule has 1 atom stereocenters. The fraction of sp³-hybridized carbons (Fsp3) is 0.333. The second-order valence-electron chi connectivity index (χ2n) is 3.06. The zero-order valence-corrected chi connectivity index (χ0v) is 11.3. The molecule has 2 N–H and O–H groups in total. The maximum absolute atomic E-state index is 5.90. The average Bonchev–Trinajstić information content (AvgIpc) is 2.84. The molecule has 0 fully saturated rings. The number of hydrogen-bond donors (Lipinski definition) is 1. The molecule has 2 heterocycles. The van der Waals surface area contributed by atoms with E-state index in [1.54, 1.807) is 22.7 Å². The highest BCUT2D eigenvalue weighted by molar-refractivity contribution is 9.10. The molecule has 0 amide bonds. The summed E-state index contributed by atoms with van der Waals surface area (Å²) in [4.78, 5) is 1.13. The minimum atomic E-state index is 0.00925. The monoisotopic (exact) mass is 303 g/mol. The van der Waals surface area contributed by atoms with Crippen LogP contribution in [0.1, 0.15) is 24.4 Å². The van der Waals surface area contributed by atoms with E-state index < -0.39 is 0 Å². The van der Waals surface area contributed by atoms with Crippen LogP contribution in [-0.4, -0.2) is 10.2 Å². The van der Waals surface area contributed by atoms with Gasteiger partial charge in [0.05, 0.1) is 10.9 Å². The van der Waals surface area contributed by atoms with Crippen molar-refractivity contribution in [3.05, 3.63) is 20.9 Å². The average molecular weight is 304 g/mol. The van der Waals surface area contributed by atoms with Crippen LogP contribution in [0.3, 0.4) is 0 Å². The predicted molar refractivity (Wildman–Crippen MR) is 68.1 cm³/mol. The summed E-state index contributed by atoms with van der Waals surface area (Å²) in [7, 11) is 0. The van der Waals surface area contributed by atoms with Crippen LogP contribution >= 0.6 is 38.6 Å². The summed E-state index contributed by atoms with van der Waals surface area (Å²) in [6, 6.07) is 2.02. The van der Waals surface area contributed by atoms with Crippen LogP contribution < -0.4 is 5.73 Å². The van der Waals surface area contributed by atoms with E-state index in [2.05, 4.69) is 26.1 Å². The first-order chi connectivity index (χ1) is 7.22. The molecule has 1 unspecified atom stereocenters. The summed E-state index contributed by atoms with van der Waals surface area (Å²) >= 11 is 6.71. The number of hydrogen-bond acceptors (Lipinski definition) is 5. The lowest BCUT2D eigenvalue weighted by molar-refractivity contribution is 0.683. The van der Waals surface area contributed by atoms with Gasteiger partial charge in [-0.1, -0.05) is 18.3 Å². The summed E-state index contributed by atoms with van der Waals surface area (Å²) in [5.41, 5.74) is 5.90. The molecule has 0 bridgehead atoms. The van der Waals surface area contributed by atoms with Crippen molar-refractivity contribution in [2.24, 2.45) is 5.73 Å². The van der Waals surface area contributed by atoms with Crippen LogP contribution in [0, 0.1) is 0 Å². The Hall–Kier alpha value is -0.300. The number of aromatic nitrogens is 2. The third-order valence-corrected chi connectivity index (χ3v) is 5.06. The van der Waals surface area contributed by atoms with E-state index in [4.69, 9.17) is 5.73 Å². The van der Waals surface area contributed by atoms with E-state index >= 15 is 0 Å². The first kappa shape index (κ1) is 11.2. The Bertz CT molecular complexity index is 452. The number of halogens is 1. The maximum atomic E-state index is 5.90. The molecule has 6 heteroatoms. The lowest BCUT2D eigenvalue weighted by atomic mass is 10.3. The minimum absolute atomic E-state index is 0.00925. The normalized spacial score (nSPS) is 13.0.